The number of rotatable bonds is 5. The Hall–Kier alpha value is -2.79. The fourth-order valence-corrected chi connectivity index (χ4v) is 2.84. The predicted molar refractivity (Wildman–Crippen MR) is 100 cm³/mol. The van der Waals surface area contributed by atoms with Crippen LogP contribution in [0, 0.1) is 0 Å². The smallest absolute Gasteiger partial charge is 0.243 e. The number of amides is 1. The van der Waals surface area contributed by atoms with Gasteiger partial charge < -0.3 is 15.0 Å². The first-order chi connectivity index (χ1) is 12.1. The van der Waals surface area contributed by atoms with Crippen molar-refractivity contribution in [1.82, 2.24) is 0 Å². The normalized spacial score (nSPS) is 10.5. The highest BCUT2D eigenvalue weighted by molar-refractivity contribution is 6.31. The second kappa shape index (κ2) is 7.40. The van der Waals surface area contributed by atoms with Crippen molar-refractivity contribution in [3.05, 3.63) is 59.8 Å². The van der Waals surface area contributed by atoms with Gasteiger partial charge in [-0.15, -0.1) is 0 Å². The number of fused-ring (bicyclic) bond motifs is 1. The first kappa shape index (κ1) is 17.0. The van der Waals surface area contributed by atoms with Crippen molar-refractivity contribution in [3.8, 4) is 5.75 Å². The van der Waals surface area contributed by atoms with Crippen molar-refractivity contribution in [2.75, 3.05) is 30.9 Å². The number of pyridine rings is 1. The third-order valence-electron chi connectivity index (χ3n) is 3.90. The third kappa shape index (κ3) is 4.00. The van der Waals surface area contributed by atoms with E-state index in [2.05, 4.69) is 10.3 Å². The molecule has 0 spiro atoms. The van der Waals surface area contributed by atoms with Gasteiger partial charge in [-0.05, 0) is 36.4 Å². The molecule has 2 N–H and O–H groups in total. The number of halogens is 1. The Kier molecular flexibility index (Phi) is 5.05. The Labute approximate surface area is 151 Å². The van der Waals surface area contributed by atoms with Gasteiger partial charge in [-0.3, -0.25) is 4.79 Å². The zero-order chi connectivity index (χ0) is 17.8. The molecule has 0 atom stereocenters. The van der Waals surface area contributed by atoms with E-state index in [0.717, 1.165) is 28.0 Å². The minimum absolute atomic E-state index is 0.0948. The maximum atomic E-state index is 12.3. The maximum Gasteiger partial charge on any atom is 0.243 e. The SMILES string of the molecule is COc1ccc(NC(=O)CN(C)c2cc[nH+]c3cc(Cl)ccc23)cc1. The highest BCUT2D eigenvalue weighted by Crippen LogP contribution is 2.25. The molecule has 2 aromatic carbocycles. The van der Waals surface area contributed by atoms with E-state index >= 15 is 0 Å². The molecule has 0 radical (unpaired) electrons. The van der Waals surface area contributed by atoms with Gasteiger partial charge in [0.05, 0.1) is 24.7 Å². The van der Waals surface area contributed by atoms with Crippen molar-refractivity contribution in [3.63, 3.8) is 0 Å². The molecule has 0 aliphatic rings. The second-order valence-electron chi connectivity index (χ2n) is 5.69. The van der Waals surface area contributed by atoms with Crippen LogP contribution in [0.1, 0.15) is 0 Å². The van der Waals surface area contributed by atoms with Crippen LogP contribution < -0.4 is 19.9 Å². The van der Waals surface area contributed by atoms with Gasteiger partial charge >= 0.3 is 0 Å². The Morgan fingerprint density at radius 3 is 2.68 bits per heavy atom. The highest BCUT2D eigenvalue weighted by Gasteiger charge is 2.13. The molecule has 1 heterocycles. The first-order valence-corrected chi connectivity index (χ1v) is 8.19. The lowest BCUT2D eigenvalue weighted by atomic mass is 10.1. The van der Waals surface area contributed by atoms with Crippen LogP contribution in [-0.2, 0) is 4.79 Å². The lowest BCUT2D eigenvalue weighted by Gasteiger charge is -2.19. The summed E-state index contributed by atoms with van der Waals surface area (Å²) in [5.41, 5.74) is 2.61. The van der Waals surface area contributed by atoms with Gasteiger partial charge in [-0.2, -0.15) is 0 Å². The second-order valence-corrected chi connectivity index (χ2v) is 6.12. The number of hydrogen-bond donors (Lipinski definition) is 1. The summed E-state index contributed by atoms with van der Waals surface area (Å²) in [6.07, 6.45) is 1.84. The molecule has 0 saturated heterocycles. The molecule has 5 nitrogen and oxygen atoms in total. The fourth-order valence-electron chi connectivity index (χ4n) is 2.67. The average Bonchev–Trinajstić information content (AvgIpc) is 2.61. The zero-order valence-electron chi connectivity index (χ0n) is 14.0. The van der Waals surface area contributed by atoms with Crippen molar-refractivity contribution in [1.29, 1.82) is 0 Å². The zero-order valence-corrected chi connectivity index (χ0v) is 14.8. The third-order valence-corrected chi connectivity index (χ3v) is 4.14. The lowest BCUT2D eigenvalue weighted by molar-refractivity contribution is -0.344. The van der Waals surface area contributed by atoms with Crippen molar-refractivity contribution in [2.45, 2.75) is 0 Å². The number of anilines is 2. The fraction of sp³-hybridized carbons (Fsp3) is 0.158. The summed E-state index contributed by atoms with van der Waals surface area (Å²) in [5, 5.41) is 4.56. The van der Waals surface area contributed by atoms with E-state index in [-0.39, 0.29) is 12.5 Å². The van der Waals surface area contributed by atoms with Gasteiger partial charge in [-0.25, -0.2) is 4.98 Å². The molecule has 25 heavy (non-hydrogen) atoms. The van der Waals surface area contributed by atoms with Crippen LogP contribution in [-0.4, -0.2) is 26.6 Å². The van der Waals surface area contributed by atoms with Gasteiger partial charge in [0.2, 0.25) is 11.4 Å². The number of H-pyrrole nitrogens is 1. The quantitative estimate of drug-likeness (QED) is 0.762. The number of benzene rings is 2. The molecule has 0 fully saturated rings. The summed E-state index contributed by atoms with van der Waals surface area (Å²) in [6, 6.07) is 14.8. The summed E-state index contributed by atoms with van der Waals surface area (Å²) < 4.78 is 5.11. The van der Waals surface area contributed by atoms with E-state index < -0.39 is 0 Å². The molecule has 0 bridgehead atoms. The van der Waals surface area contributed by atoms with E-state index in [0.29, 0.717) is 5.02 Å². The number of hydrogen-bond acceptors (Lipinski definition) is 3. The van der Waals surface area contributed by atoms with Gasteiger partial charge in [0, 0.05) is 29.9 Å². The van der Waals surface area contributed by atoms with Gasteiger partial charge in [0.1, 0.15) is 5.75 Å². The number of ether oxygens (including phenoxy) is 1. The number of nitrogens with zero attached hydrogens (tertiary/aromatic N) is 1. The van der Waals surface area contributed by atoms with Crippen LogP contribution in [0.4, 0.5) is 11.4 Å². The van der Waals surface area contributed by atoms with Crippen molar-refractivity contribution in [2.24, 2.45) is 0 Å². The standard InChI is InChI=1S/C19H18ClN3O2/c1-23(12-19(24)22-14-4-6-15(25-2)7-5-14)18-9-10-21-17-11-13(20)3-8-16(17)18/h3-11H,12H2,1-2H3,(H,22,24)/p+1. The molecule has 0 aliphatic carbocycles. The highest BCUT2D eigenvalue weighted by atomic mass is 35.5. The van der Waals surface area contributed by atoms with E-state index in [1.54, 1.807) is 7.11 Å². The van der Waals surface area contributed by atoms with Crippen LogP contribution in [0.25, 0.3) is 10.9 Å². The molecule has 128 valence electrons. The summed E-state index contributed by atoms with van der Waals surface area (Å²) >= 11 is 6.04. The summed E-state index contributed by atoms with van der Waals surface area (Å²) in [4.78, 5) is 17.4. The molecule has 3 aromatic rings. The number of carbonyl (C=O) groups is 1. The number of carbonyl (C=O) groups excluding carboxylic acids is 1. The topological polar surface area (TPSA) is 55.7 Å². The lowest BCUT2D eigenvalue weighted by Crippen LogP contribution is -2.30. The number of aromatic amines is 1. The first-order valence-electron chi connectivity index (χ1n) is 7.82. The summed E-state index contributed by atoms with van der Waals surface area (Å²) in [5.74, 6) is 0.656. The Morgan fingerprint density at radius 2 is 1.96 bits per heavy atom. The maximum absolute atomic E-state index is 12.3. The average molecular weight is 357 g/mol. The van der Waals surface area contributed by atoms with Crippen LogP contribution in [0.5, 0.6) is 5.75 Å². The van der Waals surface area contributed by atoms with Gasteiger partial charge in [0.15, 0.2) is 6.20 Å². The molecule has 3 rings (SSSR count). The number of likely N-dealkylation sites (N-methyl/N-ethyl adjacent to an activating group) is 1. The van der Waals surface area contributed by atoms with E-state index in [1.165, 1.54) is 0 Å². The minimum atomic E-state index is -0.0948. The molecular weight excluding hydrogens is 338 g/mol. The molecule has 1 aromatic heterocycles. The molecule has 6 heteroatoms. The van der Waals surface area contributed by atoms with E-state index in [9.17, 15) is 4.79 Å². The molecule has 0 unspecified atom stereocenters. The van der Waals surface area contributed by atoms with E-state index in [4.69, 9.17) is 16.3 Å². The van der Waals surface area contributed by atoms with Crippen LogP contribution >= 0.6 is 11.6 Å². The molecule has 1 amide bonds. The van der Waals surface area contributed by atoms with Gasteiger partial charge in [-0.1, -0.05) is 11.6 Å². The summed E-state index contributed by atoms with van der Waals surface area (Å²) in [6.45, 7) is 0.230. The van der Waals surface area contributed by atoms with Crippen LogP contribution in [0.3, 0.4) is 0 Å². The van der Waals surface area contributed by atoms with E-state index in [1.807, 2.05) is 66.7 Å². The molecule has 0 saturated carbocycles. The molecular formula is C19H19ClN3O2+. The molecule has 0 aliphatic heterocycles. The largest absolute Gasteiger partial charge is 0.497 e. The number of methoxy groups -OCH3 is 1. The van der Waals surface area contributed by atoms with Gasteiger partial charge in [0.25, 0.3) is 0 Å². The summed E-state index contributed by atoms with van der Waals surface area (Å²) in [7, 11) is 3.49. The van der Waals surface area contributed by atoms with Crippen LogP contribution in [0.15, 0.2) is 54.7 Å². The number of aromatic nitrogens is 1. The monoisotopic (exact) mass is 356 g/mol. The van der Waals surface area contributed by atoms with Crippen molar-refractivity contribution < 1.29 is 14.5 Å². The Bertz CT molecular complexity index is 897. The van der Waals surface area contributed by atoms with Crippen LogP contribution in [0.2, 0.25) is 5.02 Å². The minimum Gasteiger partial charge on any atom is -0.497 e. The Balaban J connectivity index is 1.73. The Morgan fingerprint density at radius 1 is 1.20 bits per heavy atom. The predicted octanol–water partition coefficient (Wildman–Crippen LogP) is 3.39. The number of nitrogens with one attached hydrogen (secondary N) is 2. The van der Waals surface area contributed by atoms with Crippen molar-refractivity contribution >= 4 is 39.8 Å².